The van der Waals surface area contributed by atoms with E-state index in [4.69, 9.17) is 10.00 Å². The van der Waals surface area contributed by atoms with E-state index in [0.717, 1.165) is 24.8 Å². The third-order valence-electron chi connectivity index (χ3n) is 3.29. The number of sulfonamides is 1. The average molecular weight is 294 g/mol. The monoisotopic (exact) mass is 294 g/mol. The molecule has 1 aromatic carbocycles. The van der Waals surface area contributed by atoms with E-state index in [9.17, 15) is 8.42 Å². The fourth-order valence-electron chi connectivity index (χ4n) is 2.13. The highest BCUT2D eigenvalue weighted by molar-refractivity contribution is 7.89. The maximum Gasteiger partial charge on any atom is 0.240 e. The number of hydrogen-bond acceptors (Lipinski definition) is 4. The molecule has 0 amide bonds. The van der Waals surface area contributed by atoms with Gasteiger partial charge in [0.2, 0.25) is 10.0 Å². The number of rotatable bonds is 5. The summed E-state index contributed by atoms with van der Waals surface area (Å²) in [5.74, 6) is 0. The molecule has 1 aliphatic rings. The molecular weight excluding hydrogens is 276 g/mol. The summed E-state index contributed by atoms with van der Waals surface area (Å²) >= 11 is 0. The summed E-state index contributed by atoms with van der Waals surface area (Å²) in [4.78, 5) is 0.218. The van der Waals surface area contributed by atoms with E-state index in [1.807, 2.05) is 6.07 Å². The van der Waals surface area contributed by atoms with Gasteiger partial charge in [-0.05, 0) is 37.0 Å². The lowest BCUT2D eigenvalue weighted by Crippen LogP contribution is -2.35. The molecule has 0 aliphatic carbocycles. The van der Waals surface area contributed by atoms with Gasteiger partial charge < -0.3 is 4.74 Å². The number of ether oxygens (including phenoxy) is 1. The van der Waals surface area contributed by atoms with Crippen LogP contribution in [0.2, 0.25) is 0 Å². The predicted molar refractivity (Wildman–Crippen MR) is 74.5 cm³/mol. The Hall–Kier alpha value is -1.42. The van der Waals surface area contributed by atoms with Crippen molar-refractivity contribution in [3.8, 4) is 6.07 Å². The van der Waals surface area contributed by atoms with Crippen LogP contribution in [0.4, 0.5) is 0 Å². The zero-order valence-corrected chi connectivity index (χ0v) is 12.0. The van der Waals surface area contributed by atoms with Crippen molar-refractivity contribution < 1.29 is 13.2 Å². The Balaban J connectivity index is 1.96. The quantitative estimate of drug-likeness (QED) is 0.894. The predicted octanol–water partition coefficient (Wildman–Crippen LogP) is 1.60. The topological polar surface area (TPSA) is 79.2 Å². The number of nitriles is 1. The van der Waals surface area contributed by atoms with E-state index in [0.29, 0.717) is 13.2 Å². The van der Waals surface area contributed by atoms with Gasteiger partial charge in [0, 0.05) is 13.2 Å². The summed E-state index contributed by atoms with van der Waals surface area (Å²) in [5.41, 5.74) is 0.807. The summed E-state index contributed by atoms with van der Waals surface area (Å²) in [6, 6.07) is 8.40. The van der Waals surface area contributed by atoms with Crippen molar-refractivity contribution in [2.24, 2.45) is 0 Å². The minimum atomic E-state index is -3.50. The Labute approximate surface area is 119 Å². The average Bonchev–Trinajstić information content (AvgIpc) is 2.47. The van der Waals surface area contributed by atoms with Gasteiger partial charge in [-0.1, -0.05) is 12.1 Å². The lowest BCUT2D eigenvalue weighted by molar-refractivity contribution is 0.0200. The molecule has 1 atom stereocenters. The first-order chi connectivity index (χ1) is 9.62. The molecule has 0 radical (unpaired) electrons. The van der Waals surface area contributed by atoms with Crippen LogP contribution in [0.5, 0.6) is 0 Å². The molecule has 20 heavy (non-hydrogen) atoms. The Bertz CT molecular complexity index is 569. The van der Waals surface area contributed by atoms with Crippen molar-refractivity contribution in [1.29, 1.82) is 5.26 Å². The highest BCUT2D eigenvalue weighted by Crippen LogP contribution is 2.14. The van der Waals surface area contributed by atoms with Gasteiger partial charge >= 0.3 is 0 Å². The Morgan fingerprint density at radius 1 is 1.30 bits per heavy atom. The molecule has 1 aromatic rings. The van der Waals surface area contributed by atoms with Crippen molar-refractivity contribution in [3.05, 3.63) is 29.8 Å². The van der Waals surface area contributed by atoms with Gasteiger partial charge in [-0.15, -0.1) is 0 Å². The summed E-state index contributed by atoms with van der Waals surface area (Å²) < 4.78 is 32.3. The normalized spacial score (nSPS) is 19.4. The van der Waals surface area contributed by atoms with Gasteiger partial charge in [0.1, 0.15) is 0 Å². The second kappa shape index (κ2) is 6.84. The Morgan fingerprint density at radius 2 is 2.05 bits per heavy atom. The first kappa shape index (κ1) is 15.0. The van der Waals surface area contributed by atoms with Crippen LogP contribution in [-0.4, -0.2) is 27.7 Å². The lowest BCUT2D eigenvalue weighted by atomic mass is 10.1. The molecule has 1 saturated heterocycles. The van der Waals surface area contributed by atoms with Crippen LogP contribution >= 0.6 is 0 Å². The molecule has 0 spiro atoms. The fourth-order valence-corrected chi connectivity index (χ4v) is 3.20. The van der Waals surface area contributed by atoms with Crippen molar-refractivity contribution in [3.63, 3.8) is 0 Å². The summed E-state index contributed by atoms with van der Waals surface area (Å²) in [6.07, 6.45) is 3.27. The lowest BCUT2D eigenvalue weighted by Gasteiger charge is -2.22. The number of nitrogens with zero attached hydrogens (tertiary/aromatic N) is 1. The van der Waals surface area contributed by atoms with Crippen molar-refractivity contribution in [2.45, 2.75) is 36.7 Å². The molecule has 1 heterocycles. The fraction of sp³-hybridized carbons (Fsp3) is 0.500. The van der Waals surface area contributed by atoms with E-state index >= 15 is 0 Å². The zero-order chi connectivity index (χ0) is 14.4. The van der Waals surface area contributed by atoms with Crippen LogP contribution in [0.3, 0.4) is 0 Å². The first-order valence-electron chi connectivity index (χ1n) is 6.69. The second-order valence-corrected chi connectivity index (χ2v) is 6.59. The molecule has 0 aromatic heterocycles. The zero-order valence-electron chi connectivity index (χ0n) is 11.2. The van der Waals surface area contributed by atoms with Gasteiger partial charge in [0.05, 0.1) is 23.5 Å². The maximum atomic E-state index is 12.1. The minimum Gasteiger partial charge on any atom is -0.377 e. The van der Waals surface area contributed by atoms with Crippen LogP contribution in [0.15, 0.2) is 29.2 Å². The van der Waals surface area contributed by atoms with Gasteiger partial charge in [-0.3, -0.25) is 0 Å². The number of nitrogens with one attached hydrogen (secondary N) is 1. The van der Waals surface area contributed by atoms with Crippen LogP contribution in [0.25, 0.3) is 0 Å². The summed E-state index contributed by atoms with van der Waals surface area (Å²) in [7, 11) is -3.50. The molecule has 1 unspecified atom stereocenters. The molecule has 0 bridgehead atoms. The van der Waals surface area contributed by atoms with Crippen molar-refractivity contribution in [2.75, 3.05) is 13.2 Å². The molecule has 1 N–H and O–H groups in total. The molecular formula is C14H18N2O3S. The van der Waals surface area contributed by atoms with Gasteiger partial charge in [0.25, 0.3) is 0 Å². The molecule has 5 nitrogen and oxygen atoms in total. The van der Waals surface area contributed by atoms with Crippen molar-refractivity contribution in [1.82, 2.24) is 4.72 Å². The van der Waals surface area contributed by atoms with E-state index in [-0.39, 0.29) is 17.4 Å². The van der Waals surface area contributed by atoms with E-state index in [1.165, 1.54) is 12.1 Å². The standard InChI is InChI=1S/C14H18N2O3S/c15-9-8-12-4-6-14(7-5-12)20(17,18)16-11-13-3-1-2-10-19-13/h4-7,13,16H,1-3,8,10-11H2. The molecule has 108 valence electrons. The second-order valence-electron chi connectivity index (χ2n) is 4.82. The molecule has 6 heteroatoms. The molecule has 2 rings (SSSR count). The number of benzene rings is 1. The summed E-state index contributed by atoms with van der Waals surface area (Å²) in [5, 5.41) is 8.58. The van der Waals surface area contributed by atoms with Crippen LogP contribution in [-0.2, 0) is 21.2 Å². The Kier molecular flexibility index (Phi) is 5.12. The molecule has 1 fully saturated rings. The summed E-state index contributed by atoms with van der Waals surface area (Å²) in [6.45, 7) is 1.01. The molecule has 1 aliphatic heterocycles. The van der Waals surface area contributed by atoms with Gasteiger partial charge in [-0.2, -0.15) is 5.26 Å². The van der Waals surface area contributed by atoms with Crippen LogP contribution in [0.1, 0.15) is 24.8 Å². The first-order valence-corrected chi connectivity index (χ1v) is 8.17. The van der Waals surface area contributed by atoms with Crippen LogP contribution in [0, 0.1) is 11.3 Å². The minimum absolute atomic E-state index is 0.0311. The van der Waals surface area contributed by atoms with Gasteiger partial charge in [-0.25, -0.2) is 13.1 Å². The Morgan fingerprint density at radius 3 is 2.65 bits per heavy atom. The third kappa shape index (κ3) is 4.04. The number of hydrogen-bond donors (Lipinski definition) is 1. The highest BCUT2D eigenvalue weighted by Gasteiger charge is 2.19. The highest BCUT2D eigenvalue weighted by atomic mass is 32.2. The largest absolute Gasteiger partial charge is 0.377 e. The van der Waals surface area contributed by atoms with E-state index < -0.39 is 10.0 Å². The third-order valence-corrected chi connectivity index (χ3v) is 4.73. The smallest absolute Gasteiger partial charge is 0.240 e. The van der Waals surface area contributed by atoms with Crippen LogP contribution < -0.4 is 4.72 Å². The van der Waals surface area contributed by atoms with Gasteiger partial charge in [0.15, 0.2) is 0 Å². The van der Waals surface area contributed by atoms with Crippen molar-refractivity contribution >= 4 is 10.0 Å². The van der Waals surface area contributed by atoms with E-state index in [2.05, 4.69) is 4.72 Å². The SMILES string of the molecule is N#CCc1ccc(S(=O)(=O)NCC2CCCCO2)cc1. The maximum absolute atomic E-state index is 12.1. The van der Waals surface area contributed by atoms with E-state index in [1.54, 1.807) is 12.1 Å². The molecule has 0 saturated carbocycles.